The molecule has 1 amide bonds. The average Bonchev–Trinajstić information content (AvgIpc) is 3.06. The van der Waals surface area contributed by atoms with Crippen molar-refractivity contribution in [3.05, 3.63) is 59.1 Å². The van der Waals surface area contributed by atoms with E-state index in [0.717, 1.165) is 21.6 Å². The predicted octanol–water partition coefficient (Wildman–Crippen LogP) is 2.95. The molecule has 0 bridgehead atoms. The molecule has 0 aliphatic heterocycles. The Bertz CT molecular complexity index is 890. The van der Waals surface area contributed by atoms with Gasteiger partial charge in [0.1, 0.15) is 5.75 Å². The number of aryl methyl sites for hydroxylation is 1. The molecule has 1 aromatic heterocycles. The molecule has 6 nitrogen and oxygen atoms in total. The number of fused-ring (bicyclic) bond motifs is 1. The maximum Gasteiger partial charge on any atom is 0.338 e. The lowest BCUT2D eigenvalue weighted by molar-refractivity contribution is -0.119. The number of thiazole rings is 1. The second-order valence-electron chi connectivity index (χ2n) is 5.60. The van der Waals surface area contributed by atoms with Gasteiger partial charge in [0.15, 0.2) is 6.61 Å². The minimum absolute atomic E-state index is 0.235. The largest absolute Gasteiger partial charge is 0.484 e. The molecule has 3 aromatic rings. The van der Waals surface area contributed by atoms with Crippen molar-refractivity contribution in [3.8, 4) is 5.75 Å². The molecule has 0 aliphatic rings. The smallest absolute Gasteiger partial charge is 0.338 e. The summed E-state index contributed by atoms with van der Waals surface area (Å²) in [6.45, 7) is 0.0712. The highest BCUT2D eigenvalue weighted by molar-refractivity contribution is 7.18. The third kappa shape index (κ3) is 4.80. The zero-order chi connectivity index (χ0) is 18.4. The van der Waals surface area contributed by atoms with Crippen molar-refractivity contribution in [1.82, 2.24) is 4.98 Å². The Hall–Kier alpha value is -2.93. The minimum atomic E-state index is -0.576. The maximum absolute atomic E-state index is 12.1. The Morgan fingerprint density at radius 3 is 2.77 bits per heavy atom. The van der Waals surface area contributed by atoms with E-state index in [-0.39, 0.29) is 6.61 Å². The monoisotopic (exact) mass is 370 g/mol. The minimum Gasteiger partial charge on any atom is -0.484 e. The molecule has 2 N–H and O–H groups in total. The Balaban J connectivity index is 1.47. The summed E-state index contributed by atoms with van der Waals surface area (Å²) in [5, 5.41) is 1.03. The lowest BCUT2D eigenvalue weighted by Gasteiger charge is -2.07. The molecule has 0 fully saturated rings. The van der Waals surface area contributed by atoms with Gasteiger partial charge in [0.2, 0.25) is 0 Å². The molecule has 134 valence electrons. The molecule has 1 heterocycles. The number of hydrogen-bond acceptors (Lipinski definition) is 6. The summed E-state index contributed by atoms with van der Waals surface area (Å²) in [5.74, 6) is -0.612. The van der Waals surface area contributed by atoms with E-state index in [2.05, 4.69) is 4.98 Å². The van der Waals surface area contributed by atoms with Crippen molar-refractivity contribution in [3.63, 3.8) is 0 Å². The SMILES string of the molecule is NC(=O)COc1cccc(C(=O)OCCCc2nc3ccccc3s2)c1. The van der Waals surface area contributed by atoms with Crippen molar-refractivity contribution < 1.29 is 19.1 Å². The average molecular weight is 370 g/mol. The molecule has 0 aliphatic carbocycles. The fraction of sp³-hybridized carbons (Fsp3) is 0.211. The number of para-hydroxylation sites is 1. The standard InChI is InChI=1S/C19H18N2O4S/c20-17(22)12-25-14-6-3-5-13(11-14)19(23)24-10-4-9-18-21-15-7-1-2-8-16(15)26-18/h1-3,5-8,11H,4,9-10,12H2,(H2,20,22). The molecule has 7 heteroatoms. The number of ether oxygens (including phenoxy) is 2. The van der Waals surface area contributed by atoms with Crippen LogP contribution in [0.5, 0.6) is 5.75 Å². The molecule has 0 spiro atoms. The Morgan fingerprint density at radius 2 is 1.96 bits per heavy atom. The lowest BCUT2D eigenvalue weighted by atomic mass is 10.2. The van der Waals surface area contributed by atoms with Gasteiger partial charge in [0, 0.05) is 6.42 Å². The Kier molecular flexibility index (Phi) is 5.80. The first-order valence-electron chi connectivity index (χ1n) is 8.14. The summed E-state index contributed by atoms with van der Waals surface area (Å²) in [5.41, 5.74) is 6.40. The highest BCUT2D eigenvalue weighted by atomic mass is 32.1. The van der Waals surface area contributed by atoms with E-state index in [9.17, 15) is 9.59 Å². The number of primary amides is 1. The maximum atomic E-state index is 12.1. The van der Waals surface area contributed by atoms with Crippen molar-refractivity contribution >= 4 is 33.4 Å². The molecule has 2 aromatic carbocycles. The number of carbonyl (C=O) groups excluding carboxylic acids is 2. The Morgan fingerprint density at radius 1 is 1.12 bits per heavy atom. The van der Waals surface area contributed by atoms with Crippen molar-refractivity contribution in [2.24, 2.45) is 5.73 Å². The zero-order valence-electron chi connectivity index (χ0n) is 14.0. The number of hydrogen-bond donors (Lipinski definition) is 1. The molecule has 26 heavy (non-hydrogen) atoms. The quantitative estimate of drug-likeness (QED) is 0.486. The van der Waals surface area contributed by atoms with Gasteiger partial charge in [-0.1, -0.05) is 18.2 Å². The van der Waals surface area contributed by atoms with E-state index in [1.807, 2.05) is 24.3 Å². The first-order valence-corrected chi connectivity index (χ1v) is 8.96. The molecular formula is C19H18N2O4S. The number of esters is 1. The molecule has 0 unspecified atom stereocenters. The van der Waals surface area contributed by atoms with Gasteiger partial charge in [-0.15, -0.1) is 11.3 Å². The first-order chi connectivity index (χ1) is 12.6. The summed E-state index contributed by atoms with van der Waals surface area (Å²) < 4.78 is 11.6. The molecular weight excluding hydrogens is 352 g/mol. The van der Waals surface area contributed by atoms with Crippen LogP contribution in [0.25, 0.3) is 10.2 Å². The van der Waals surface area contributed by atoms with E-state index < -0.39 is 11.9 Å². The number of carbonyl (C=O) groups is 2. The summed E-state index contributed by atoms with van der Waals surface area (Å²) >= 11 is 1.66. The third-order valence-corrected chi connectivity index (χ3v) is 4.65. The number of amides is 1. The van der Waals surface area contributed by atoms with Crippen LogP contribution in [-0.4, -0.2) is 30.1 Å². The first kappa shape index (κ1) is 17.9. The van der Waals surface area contributed by atoms with Crippen LogP contribution in [0.4, 0.5) is 0 Å². The second kappa shape index (κ2) is 8.44. The van der Waals surface area contributed by atoms with E-state index in [0.29, 0.717) is 24.3 Å². The zero-order valence-corrected chi connectivity index (χ0v) is 14.8. The van der Waals surface area contributed by atoms with Crippen LogP contribution in [0, 0.1) is 0 Å². The van der Waals surface area contributed by atoms with Crippen molar-refractivity contribution in [2.75, 3.05) is 13.2 Å². The summed E-state index contributed by atoms with van der Waals surface area (Å²) in [6, 6.07) is 14.5. The van der Waals surface area contributed by atoms with Gasteiger partial charge in [0.05, 0.1) is 27.4 Å². The van der Waals surface area contributed by atoms with Gasteiger partial charge >= 0.3 is 5.97 Å². The predicted molar refractivity (Wildman–Crippen MR) is 99.4 cm³/mol. The number of rotatable bonds is 8. The summed E-state index contributed by atoms with van der Waals surface area (Å²) in [6.07, 6.45) is 1.46. The fourth-order valence-corrected chi connectivity index (χ4v) is 3.37. The molecule has 0 radical (unpaired) electrons. The highest BCUT2D eigenvalue weighted by Gasteiger charge is 2.09. The van der Waals surface area contributed by atoms with Crippen LogP contribution in [0.2, 0.25) is 0 Å². The van der Waals surface area contributed by atoms with Crippen LogP contribution in [0.15, 0.2) is 48.5 Å². The van der Waals surface area contributed by atoms with Gasteiger partial charge in [-0.25, -0.2) is 9.78 Å². The van der Waals surface area contributed by atoms with Crippen LogP contribution in [-0.2, 0) is 16.0 Å². The number of aromatic nitrogens is 1. The van der Waals surface area contributed by atoms with Crippen molar-refractivity contribution in [2.45, 2.75) is 12.8 Å². The van der Waals surface area contributed by atoms with E-state index in [1.165, 1.54) is 6.07 Å². The number of nitrogens with zero attached hydrogens (tertiary/aromatic N) is 1. The van der Waals surface area contributed by atoms with Gasteiger partial charge in [-0.2, -0.15) is 0 Å². The Labute approximate surface area is 154 Å². The van der Waals surface area contributed by atoms with Crippen LogP contribution in [0.3, 0.4) is 0 Å². The molecule has 0 atom stereocenters. The van der Waals surface area contributed by atoms with Crippen LogP contribution >= 0.6 is 11.3 Å². The fourth-order valence-electron chi connectivity index (χ4n) is 2.37. The molecule has 0 saturated heterocycles. The summed E-state index contributed by atoms with van der Waals surface area (Å²) in [4.78, 5) is 27.4. The topological polar surface area (TPSA) is 91.5 Å². The van der Waals surface area contributed by atoms with Gasteiger partial charge < -0.3 is 15.2 Å². The van der Waals surface area contributed by atoms with E-state index >= 15 is 0 Å². The second-order valence-corrected chi connectivity index (χ2v) is 6.71. The van der Waals surface area contributed by atoms with E-state index in [1.54, 1.807) is 29.5 Å². The van der Waals surface area contributed by atoms with Crippen LogP contribution in [0.1, 0.15) is 21.8 Å². The number of benzene rings is 2. The lowest BCUT2D eigenvalue weighted by Crippen LogP contribution is -2.20. The number of nitrogens with two attached hydrogens (primary N) is 1. The highest BCUT2D eigenvalue weighted by Crippen LogP contribution is 2.22. The normalized spacial score (nSPS) is 10.6. The molecule has 0 saturated carbocycles. The van der Waals surface area contributed by atoms with Crippen LogP contribution < -0.4 is 10.5 Å². The third-order valence-electron chi connectivity index (χ3n) is 3.56. The summed E-state index contributed by atoms with van der Waals surface area (Å²) in [7, 11) is 0. The molecule has 3 rings (SSSR count). The van der Waals surface area contributed by atoms with Gasteiger partial charge in [-0.3, -0.25) is 4.79 Å². The van der Waals surface area contributed by atoms with Gasteiger partial charge in [0.25, 0.3) is 5.91 Å². The van der Waals surface area contributed by atoms with Gasteiger partial charge in [-0.05, 0) is 36.8 Å². The van der Waals surface area contributed by atoms with Crippen molar-refractivity contribution in [1.29, 1.82) is 0 Å². The van der Waals surface area contributed by atoms with E-state index in [4.69, 9.17) is 15.2 Å².